The van der Waals surface area contributed by atoms with Crippen molar-refractivity contribution in [2.45, 2.75) is 6.92 Å². The predicted octanol–water partition coefficient (Wildman–Crippen LogP) is 4.73. The van der Waals surface area contributed by atoms with E-state index in [1.54, 1.807) is 19.1 Å². The molecule has 0 amide bonds. The lowest BCUT2D eigenvalue weighted by Crippen LogP contribution is -1.93. The van der Waals surface area contributed by atoms with E-state index in [2.05, 4.69) is 0 Å². The normalized spacial score (nSPS) is 10.5. The fraction of sp³-hybridized carbons (Fsp3) is 0.0833. The summed E-state index contributed by atoms with van der Waals surface area (Å²) >= 11 is 13.2. The Labute approximate surface area is 112 Å². The molecule has 2 nitrogen and oxygen atoms in total. The average Bonchev–Trinajstić information content (AvgIpc) is 2.64. The second-order valence-electron chi connectivity index (χ2n) is 3.53. The molecule has 0 fully saturated rings. The van der Waals surface area contributed by atoms with E-state index in [-0.39, 0.29) is 0 Å². The standard InChI is InChI=1S/C12H8Cl2O2S/c1-6-5-9(17-11(6)12(15)16)7-3-2-4-8(13)10(7)14/h2-5H,1H3,(H,15,16). The van der Waals surface area contributed by atoms with Crippen molar-refractivity contribution >= 4 is 40.5 Å². The van der Waals surface area contributed by atoms with Gasteiger partial charge in [0.1, 0.15) is 4.88 Å². The van der Waals surface area contributed by atoms with Gasteiger partial charge in [-0.15, -0.1) is 11.3 Å². The first kappa shape index (κ1) is 12.4. The van der Waals surface area contributed by atoms with E-state index in [0.717, 1.165) is 16.0 Å². The van der Waals surface area contributed by atoms with E-state index in [9.17, 15) is 4.79 Å². The molecule has 1 aromatic carbocycles. The second kappa shape index (κ2) is 4.69. The first-order valence-electron chi connectivity index (χ1n) is 4.79. The lowest BCUT2D eigenvalue weighted by Gasteiger charge is -2.02. The van der Waals surface area contributed by atoms with Crippen LogP contribution in [-0.4, -0.2) is 11.1 Å². The molecule has 1 heterocycles. The maximum atomic E-state index is 11.0. The maximum Gasteiger partial charge on any atom is 0.346 e. The van der Waals surface area contributed by atoms with E-state index >= 15 is 0 Å². The van der Waals surface area contributed by atoms with Crippen molar-refractivity contribution in [1.29, 1.82) is 0 Å². The van der Waals surface area contributed by atoms with Crippen molar-refractivity contribution in [3.8, 4) is 10.4 Å². The highest BCUT2D eigenvalue weighted by atomic mass is 35.5. The van der Waals surface area contributed by atoms with Gasteiger partial charge in [-0.05, 0) is 24.6 Å². The molecule has 0 aliphatic rings. The van der Waals surface area contributed by atoms with Gasteiger partial charge in [0.2, 0.25) is 0 Å². The quantitative estimate of drug-likeness (QED) is 0.867. The van der Waals surface area contributed by atoms with Crippen molar-refractivity contribution in [2.24, 2.45) is 0 Å². The molecule has 0 aliphatic heterocycles. The fourth-order valence-electron chi connectivity index (χ4n) is 1.52. The molecule has 0 spiro atoms. The van der Waals surface area contributed by atoms with Crippen LogP contribution in [0.2, 0.25) is 10.0 Å². The van der Waals surface area contributed by atoms with Crippen LogP contribution in [0.25, 0.3) is 10.4 Å². The molecule has 2 aromatic rings. The number of thiophene rings is 1. The molecule has 17 heavy (non-hydrogen) atoms. The fourth-order valence-corrected chi connectivity index (χ4v) is 3.02. The predicted molar refractivity (Wildman–Crippen MR) is 71.5 cm³/mol. The minimum Gasteiger partial charge on any atom is -0.477 e. The number of aromatic carboxylic acids is 1. The summed E-state index contributed by atoms with van der Waals surface area (Å²) in [5.74, 6) is -0.920. The number of hydrogen-bond donors (Lipinski definition) is 1. The van der Waals surface area contributed by atoms with E-state index in [1.807, 2.05) is 12.1 Å². The van der Waals surface area contributed by atoms with E-state index in [1.165, 1.54) is 11.3 Å². The lowest BCUT2D eigenvalue weighted by molar-refractivity contribution is 0.0701. The Hall–Kier alpha value is -1.03. The summed E-state index contributed by atoms with van der Waals surface area (Å²) in [6.07, 6.45) is 0. The number of carboxylic acid groups (broad SMARTS) is 1. The highest BCUT2D eigenvalue weighted by Crippen LogP contribution is 2.38. The van der Waals surface area contributed by atoms with Crippen LogP contribution < -0.4 is 0 Å². The van der Waals surface area contributed by atoms with Crippen molar-refractivity contribution in [3.63, 3.8) is 0 Å². The zero-order valence-corrected chi connectivity index (χ0v) is 11.2. The molecule has 0 unspecified atom stereocenters. The smallest absolute Gasteiger partial charge is 0.346 e. The van der Waals surface area contributed by atoms with Crippen molar-refractivity contribution < 1.29 is 9.90 Å². The molecule has 0 atom stereocenters. The van der Waals surface area contributed by atoms with Gasteiger partial charge in [0.15, 0.2) is 0 Å². The molecule has 0 saturated heterocycles. The van der Waals surface area contributed by atoms with Gasteiger partial charge in [0.25, 0.3) is 0 Å². The van der Waals surface area contributed by atoms with Gasteiger partial charge in [-0.25, -0.2) is 4.79 Å². The van der Waals surface area contributed by atoms with Crippen LogP contribution in [0.5, 0.6) is 0 Å². The SMILES string of the molecule is Cc1cc(-c2cccc(Cl)c2Cl)sc1C(=O)O. The Balaban J connectivity index is 2.58. The first-order chi connectivity index (χ1) is 8.00. The van der Waals surface area contributed by atoms with Gasteiger partial charge in [-0.2, -0.15) is 0 Å². The number of aryl methyl sites for hydroxylation is 1. The van der Waals surface area contributed by atoms with Gasteiger partial charge >= 0.3 is 5.97 Å². The van der Waals surface area contributed by atoms with E-state index in [4.69, 9.17) is 28.3 Å². The molecule has 2 rings (SSSR count). The first-order valence-corrected chi connectivity index (χ1v) is 6.36. The zero-order valence-electron chi connectivity index (χ0n) is 8.83. The van der Waals surface area contributed by atoms with Crippen LogP contribution in [0.3, 0.4) is 0 Å². The molecular formula is C12H8Cl2O2S. The van der Waals surface area contributed by atoms with Crippen LogP contribution in [0, 0.1) is 6.92 Å². The Bertz CT molecular complexity index is 590. The number of carbonyl (C=O) groups is 1. The zero-order chi connectivity index (χ0) is 12.6. The van der Waals surface area contributed by atoms with Crippen LogP contribution >= 0.6 is 34.5 Å². The summed E-state index contributed by atoms with van der Waals surface area (Å²) in [4.78, 5) is 12.1. The number of rotatable bonds is 2. The molecule has 0 radical (unpaired) electrons. The molecule has 5 heteroatoms. The summed E-state index contributed by atoms with van der Waals surface area (Å²) in [5.41, 5.74) is 1.49. The minimum atomic E-state index is -0.920. The molecule has 0 bridgehead atoms. The van der Waals surface area contributed by atoms with Crippen molar-refractivity contribution in [1.82, 2.24) is 0 Å². The van der Waals surface area contributed by atoms with Crippen LogP contribution in [0.4, 0.5) is 0 Å². The van der Waals surface area contributed by atoms with E-state index < -0.39 is 5.97 Å². The summed E-state index contributed by atoms with van der Waals surface area (Å²) in [6.45, 7) is 1.77. The largest absolute Gasteiger partial charge is 0.477 e. The molecule has 1 N–H and O–H groups in total. The average molecular weight is 287 g/mol. The highest BCUT2D eigenvalue weighted by molar-refractivity contribution is 7.17. The third kappa shape index (κ3) is 2.32. The summed E-state index contributed by atoms with van der Waals surface area (Å²) < 4.78 is 0. The Morgan fingerprint density at radius 3 is 2.65 bits per heavy atom. The molecule has 88 valence electrons. The molecule has 0 saturated carbocycles. The Kier molecular flexibility index (Phi) is 3.43. The number of carboxylic acids is 1. The summed E-state index contributed by atoms with van der Waals surface area (Å²) in [7, 11) is 0. The second-order valence-corrected chi connectivity index (χ2v) is 5.37. The molecule has 1 aromatic heterocycles. The van der Waals surface area contributed by atoms with Crippen molar-refractivity contribution in [2.75, 3.05) is 0 Å². The Morgan fingerprint density at radius 1 is 1.35 bits per heavy atom. The van der Waals surface area contributed by atoms with Crippen molar-refractivity contribution in [3.05, 3.63) is 44.8 Å². The third-order valence-corrected chi connectivity index (χ3v) is 4.41. The topological polar surface area (TPSA) is 37.3 Å². The summed E-state index contributed by atoms with van der Waals surface area (Å²) in [5, 5.41) is 9.92. The molecular weight excluding hydrogens is 279 g/mol. The minimum absolute atomic E-state index is 0.330. The van der Waals surface area contributed by atoms with Crippen LogP contribution in [-0.2, 0) is 0 Å². The highest BCUT2D eigenvalue weighted by Gasteiger charge is 2.15. The maximum absolute atomic E-state index is 11.0. The van der Waals surface area contributed by atoms with Gasteiger partial charge in [-0.1, -0.05) is 35.3 Å². The van der Waals surface area contributed by atoms with Gasteiger partial charge in [0, 0.05) is 10.4 Å². The summed E-state index contributed by atoms with van der Waals surface area (Å²) in [6, 6.07) is 7.13. The Morgan fingerprint density at radius 2 is 2.06 bits per heavy atom. The third-order valence-electron chi connectivity index (χ3n) is 2.33. The lowest BCUT2D eigenvalue weighted by atomic mass is 10.1. The van der Waals surface area contributed by atoms with Crippen LogP contribution in [0.15, 0.2) is 24.3 Å². The van der Waals surface area contributed by atoms with Gasteiger partial charge in [-0.3, -0.25) is 0 Å². The monoisotopic (exact) mass is 286 g/mol. The molecule has 0 aliphatic carbocycles. The van der Waals surface area contributed by atoms with Crippen LogP contribution in [0.1, 0.15) is 15.2 Å². The number of hydrogen-bond acceptors (Lipinski definition) is 2. The number of halogens is 2. The van der Waals surface area contributed by atoms with Gasteiger partial charge < -0.3 is 5.11 Å². The van der Waals surface area contributed by atoms with Gasteiger partial charge in [0.05, 0.1) is 10.0 Å². The van der Waals surface area contributed by atoms with E-state index in [0.29, 0.717) is 14.9 Å². The number of benzene rings is 1.